The summed E-state index contributed by atoms with van der Waals surface area (Å²) in [5.74, 6) is 0.781. The van der Waals surface area contributed by atoms with Crippen molar-refractivity contribution in [3.63, 3.8) is 0 Å². The van der Waals surface area contributed by atoms with Crippen molar-refractivity contribution in [2.24, 2.45) is 5.92 Å². The zero-order valence-corrected chi connectivity index (χ0v) is 17.4. The second-order valence-electron chi connectivity index (χ2n) is 7.60. The van der Waals surface area contributed by atoms with Gasteiger partial charge in [0.05, 0.1) is 29.1 Å². The third-order valence-electron chi connectivity index (χ3n) is 5.30. The molecule has 0 N–H and O–H groups in total. The van der Waals surface area contributed by atoms with E-state index >= 15 is 0 Å². The van der Waals surface area contributed by atoms with Crippen molar-refractivity contribution in [2.75, 3.05) is 19.7 Å². The molecule has 1 saturated heterocycles. The molecule has 0 radical (unpaired) electrons. The number of hydrogen-bond donors (Lipinski definition) is 0. The number of carbonyl (C=O) groups excluding carboxylic acids is 1. The minimum Gasteiger partial charge on any atom is -0.493 e. The molecule has 2 atom stereocenters. The van der Waals surface area contributed by atoms with Crippen molar-refractivity contribution in [3.8, 4) is 5.75 Å². The Labute approximate surface area is 170 Å². The van der Waals surface area contributed by atoms with Crippen LogP contribution in [0, 0.1) is 25.6 Å². The molecule has 2 aromatic rings. The zero-order chi connectivity index (χ0) is 20.3. The van der Waals surface area contributed by atoms with E-state index in [1.54, 1.807) is 12.1 Å². The maximum atomic E-state index is 13.0. The van der Waals surface area contributed by atoms with Gasteiger partial charge in [-0.1, -0.05) is 11.6 Å². The van der Waals surface area contributed by atoms with E-state index in [0.29, 0.717) is 30.3 Å². The van der Waals surface area contributed by atoms with Crippen LogP contribution in [0.25, 0.3) is 0 Å². The van der Waals surface area contributed by atoms with E-state index < -0.39 is 0 Å². The number of halogens is 2. The first-order chi connectivity index (χ1) is 13.3. The third-order valence-corrected chi connectivity index (χ3v) is 5.84. The summed E-state index contributed by atoms with van der Waals surface area (Å²) in [6, 6.07) is 5.98. The Hall–Kier alpha value is -2.08. The van der Waals surface area contributed by atoms with Gasteiger partial charge in [0.25, 0.3) is 0 Å². The van der Waals surface area contributed by atoms with Crippen molar-refractivity contribution < 1.29 is 13.9 Å². The normalized spacial score (nSPS) is 18.2. The first kappa shape index (κ1) is 20.6. The molecule has 28 heavy (non-hydrogen) atoms. The van der Waals surface area contributed by atoms with Crippen LogP contribution in [0.2, 0.25) is 5.02 Å². The summed E-state index contributed by atoms with van der Waals surface area (Å²) in [5, 5.41) is 5.12. The molecule has 0 spiro atoms. The summed E-state index contributed by atoms with van der Waals surface area (Å²) >= 11 is 6.23. The lowest BCUT2D eigenvalue weighted by Gasteiger charge is -2.33. The van der Waals surface area contributed by atoms with Crippen molar-refractivity contribution >= 4 is 17.5 Å². The van der Waals surface area contributed by atoms with Gasteiger partial charge in [0.1, 0.15) is 11.6 Å². The molecule has 2 heterocycles. The van der Waals surface area contributed by atoms with Gasteiger partial charge in [-0.05, 0) is 57.9 Å². The lowest BCUT2D eigenvalue weighted by molar-refractivity contribution is -0.134. The first-order valence-electron chi connectivity index (χ1n) is 9.72. The van der Waals surface area contributed by atoms with Crippen LogP contribution in [0.15, 0.2) is 24.3 Å². The van der Waals surface area contributed by atoms with Gasteiger partial charge in [-0.25, -0.2) is 4.39 Å². The van der Waals surface area contributed by atoms with Gasteiger partial charge in [-0.3, -0.25) is 9.48 Å². The van der Waals surface area contributed by atoms with Gasteiger partial charge in [0.2, 0.25) is 5.91 Å². The monoisotopic (exact) mass is 407 g/mol. The van der Waals surface area contributed by atoms with Crippen LogP contribution in [-0.2, 0) is 4.79 Å². The maximum absolute atomic E-state index is 13.0. The fourth-order valence-electron chi connectivity index (χ4n) is 3.71. The second-order valence-corrected chi connectivity index (χ2v) is 7.97. The number of rotatable bonds is 6. The van der Waals surface area contributed by atoms with E-state index in [2.05, 4.69) is 5.10 Å². The Balaban J connectivity index is 1.53. The van der Waals surface area contributed by atoms with Crippen molar-refractivity contribution in [3.05, 3.63) is 46.5 Å². The Morgan fingerprint density at radius 3 is 2.71 bits per heavy atom. The molecule has 1 amide bonds. The summed E-state index contributed by atoms with van der Waals surface area (Å²) in [5.41, 5.74) is 1.68. The van der Waals surface area contributed by atoms with E-state index in [4.69, 9.17) is 16.3 Å². The molecule has 5 nitrogen and oxygen atoms in total. The maximum Gasteiger partial charge on any atom is 0.224 e. The van der Waals surface area contributed by atoms with E-state index in [0.717, 1.165) is 30.8 Å². The number of likely N-dealkylation sites (tertiary alicyclic amines) is 1. The Morgan fingerprint density at radius 1 is 1.36 bits per heavy atom. The van der Waals surface area contributed by atoms with Crippen LogP contribution >= 0.6 is 11.6 Å². The van der Waals surface area contributed by atoms with Gasteiger partial charge in [-0.15, -0.1) is 0 Å². The predicted molar refractivity (Wildman–Crippen MR) is 107 cm³/mol. The predicted octanol–water partition coefficient (Wildman–Crippen LogP) is 4.56. The van der Waals surface area contributed by atoms with Crippen LogP contribution in [0.1, 0.15) is 43.6 Å². The molecule has 7 heteroatoms. The minimum atomic E-state index is -0.278. The summed E-state index contributed by atoms with van der Waals surface area (Å²) in [7, 11) is 0. The third kappa shape index (κ3) is 4.85. The minimum absolute atomic E-state index is 0.0467. The number of nitrogens with zero attached hydrogens (tertiary/aromatic N) is 3. The smallest absolute Gasteiger partial charge is 0.224 e. The fourth-order valence-corrected chi connectivity index (χ4v) is 3.84. The van der Waals surface area contributed by atoms with Crippen LogP contribution in [0.4, 0.5) is 4.39 Å². The molecule has 1 aliphatic rings. The summed E-state index contributed by atoms with van der Waals surface area (Å²) < 4.78 is 20.6. The summed E-state index contributed by atoms with van der Waals surface area (Å²) in [4.78, 5) is 14.7. The number of benzene rings is 1. The molecule has 0 aliphatic carbocycles. The quantitative estimate of drug-likeness (QED) is 0.705. The van der Waals surface area contributed by atoms with Gasteiger partial charge in [0, 0.05) is 25.4 Å². The topological polar surface area (TPSA) is 47.4 Å². The second kappa shape index (κ2) is 8.95. The van der Waals surface area contributed by atoms with Gasteiger partial charge >= 0.3 is 0 Å². The number of amides is 1. The highest BCUT2D eigenvalue weighted by Crippen LogP contribution is 2.25. The molecule has 3 rings (SSSR count). The van der Waals surface area contributed by atoms with Crippen LogP contribution in [0.5, 0.6) is 5.75 Å². The van der Waals surface area contributed by atoms with E-state index in [-0.39, 0.29) is 23.7 Å². The Bertz CT molecular complexity index is 822. The Kier molecular flexibility index (Phi) is 6.60. The van der Waals surface area contributed by atoms with E-state index in [9.17, 15) is 9.18 Å². The summed E-state index contributed by atoms with van der Waals surface area (Å²) in [6.45, 7) is 7.77. The molecule has 0 unspecified atom stereocenters. The number of aromatic nitrogens is 2. The average molecular weight is 408 g/mol. The lowest BCUT2D eigenvalue weighted by Crippen LogP contribution is -2.42. The SMILES string of the molecule is Cc1nn([C@@H](C)CC(=O)N2CCC[C@H](COc3ccc(F)cc3)C2)c(C)c1Cl. The first-order valence-corrected chi connectivity index (χ1v) is 10.1. The number of aryl methyl sites for hydroxylation is 1. The lowest BCUT2D eigenvalue weighted by atomic mass is 9.98. The summed E-state index contributed by atoms with van der Waals surface area (Å²) in [6.07, 6.45) is 2.38. The molecule has 1 aromatic heterocycles. The van der Waals surface area contributed by atoms with Crippen molar-refractivity contribution in [1.82, 2.24) is 14.7 Å². The fraction of sp³-hybridized carbons (Fsp3) is 0.524. The van der Waals surface area contributed by atoms with Crippen LogP contribution in [0.3, 0.4) is 0 Å². The number of carbonyl (C=O) groups is 1. The molecule has 1 aromatic carbocycles. The van der Waals surface area contributed by atoms with Crippen LogP contribution in [-0.4, -0.2) is 40.3 Å². The van der Waals surface area contributed by atoms with Crippen LogP contribution < -0.4 is 4.74 Å². The largest absolute Gasteiger partial charge is 0.493 e. The van der Waals surface area contributed by atoms with Crippen molar-refractivity contribution in [2.45, 2.75) is 46.1 Å². The molecule has 152 valence electrons. The highest BCUT2D eigenvalue weighted by atomic mass is 35.5. The number of piperidine rings is 1. The van der Waals surface area contributed by atoms with Gasteiger partial charge in [0.15, 0.2) is 0 Å². The van der Waals surface area contributed by atoms with E-state index in [1.165, 1.54) is 12.1 Å². The number of ether oxygens (including phenoxy) is 1. The highest BCUT2D eigenvalue weighted by Gasteiger charge is 2.26. The average Bonchev–Trinajstić information content (AvgIpc) is 2.95. The molecule has 0 bridgehead atoms. The molecule has 0 saturated carbocycles. The van der Waals surface area contributed by atoms with Gasteiger partial charge in [-0.2, -0.15) is 5.10 Å². The molecular formula is C21H27ClFN3O2. The van der Waals surface area contributed by atoms with Gasteiger partial charge < -0.3 is 9.64 Å². The standard InChI is InChI=1S/C21H27ClFN3O2/c1-14(26-16(3)21(22)15(2)24-26)11-20(27)25-10-4-5-17(12-25)13-28-19-8-6-18(23)7-9-19/h6-9,14,17H,4-5,10-13H2,1-3H3/t14-,17-/m0/s1. The molecular weight excluding hydrogens is 381 g/mol. The number of hydrogen-bond acceptors (Lipinski definition) is 3. The Morgan fingerprint density at radius 2 is 2.07 bits per heavy atom. The zero-order valence-electron chi connectivity index (χ0n) is 16.6. The highest BCUT2D eigenvalue weighted by molar-refractivity contribution is 6.31. The van der Waals surface area contributed by atoms with E-state index in [1.807, 2.05) is 30.4 Å². The molecule has 1 aliphatic heterocycles. The van der Waals surface area contributed by atoms with Crippen molar-refractivity contribution in [1.29, 1.82) is 0 Å². The molecule has 1 fully saturated rings.